The van der Waals surface area contributed by atoms with Crippen molar-refractivity contribution in [2.75, 3.05) is 7.11 Å². The molecule has 0 N–H and O–H groups in total. The van der Waals surface area contributed by atoms with Gasteiger partial charge in [-0.25, -0.2) is 13.9 Å². The smallest absolute Gasteiger partial charge is 0.336 e. The van der Waals surface area contributed by atoms with Crippen LogP contribution in [-0.2, 0) is 13.6 Å². The van der Waals surface area contributed by atoms with Gasteiger partial charge in [0.15, 0.2) is 0 Å². The Hall–Kier alpha value is -2.56. The zero-order chi connectivity index (χ0) is 14.1. The summed E-state index contributed by atoms with van der Waals surface area (Å²) >= 11 is 0. The summed E-state index contributed by atoms with van der Waals surface area (Å²) in [6, 6.07) is 7.04. The van der Waals surface area contributed by atoms with Crippen molar-refractivity contribution in [2.24, 2.45) is 7.05 Å². The molecular formula is C15H15N2O3+. The highest BCUT2D eigenvalue weighted by atomic mass is 16.5. The van der Waals surface area contributed by atoms with Gasteiger partial charge in [-0.2, -0.15) is 0 Å². The Morgan fingerprint density at radius 2 is 2.20 bits per heavy atom. The summed E-state index contributed by atoms with van der Waals surface area (Å²) in [6.45, 7) is 0.620. The summed E-state index contributed by atoms with van der Waals surface area (Å²) in [5.74, 6) is 0.671. The van der Waals surface area contributed by atoms with Crippen molar-refractivity contribution in [3.8, 4) is 5.75 Å². The molecule has 102 valence electrons. The molecule has 2 aromatic heterocycles. The Kier molecular flexibility index (Phi) is 3.02. The minimum absolute atomic E-state index is 0.350. The Balaban J connectivity index is 2.12. The van der Waals surface area contributed by atoms with Crippen LogP contribution in [0, 0.1) is 0 Å². The predicted octanol–water partition coefficient (Wildman–Crippen LogP) is 1.48. The molecule has 0 aliphatic heterocycles. The molecule has 0 aliphatic rings. The highest BCUT2D eigenvalue weighted by Crippen LogP contribution is 2.22. The van der Waals surface area contributed by atoms with Crippen molar-refractivity contribution in [3.05, 3.63) is 59.0 Å². The average molecular weight is 271 g/mol. The average Bonchev–Trinajstić information content (AvgIpc) is 2.83. The second kappa shape index (κ2) is 4.85. The minimum Gasteiger partial charge on any atom is -0.497 e. The molecule has 5 nitrogen and oxygen atoms in total. The number of rotatable bonds is 3. The normalized spacial score (nSPS) is 10.9. The van der Waals surface area contributed by atoms with Crippen LogP contribution in [0.15, 0.2) is 52.2 Å². The van der Waals surface area contributed by atoms with Gasteiger partial charge >= 0.3 is 5.63 Å². The summed E-state index contributed by atoms with van der Waals surface area (Å²) in [6.07, 6.45) is 5.88. The van der Waals surface area contributed by atoms with Crippen LogP contribution < -0.4 is 14.9 Å². The summed E-state index contributed by atoms with van der Waals surface area (Å²) in [5.41, 5.74) is 1.12. The summed E-state index contributed by atoms with van der Waals surface area (Å²) < 4.78 is 14.4. The first-order valence-electron chi connectivity index (χ1n) is 6.27. The van der Waals surface area contributed by atoms with Gasteiger partial charge in [-0.1, -0.05) is 0 Å². The van der Waals surface area contributed by atoms with Gasteiger partial charge in [-0.05, 0) is 12.1 Å². The van der Waals surface area contributed by atoms with Gasteiger partial charge in [0, 0.05) is 23.1 Å². The summed E-state index contributed by atoms with van der Waals surface area (Å²) in [7, 11) is 3.54. The Labute approximate surface area is 115 Å². The van der Waals surface area contributed by atoms with E-state index in [1.165, 1.54) is 6.07 Å². The number of hydrogen-bond donors (Lipinski definition) is 0. The molecule has 0 atom stereocenters. The summed E-state index contributed by atoms with van der Waals surface area (Å²) in [4.78, 5) is 11.7. The van der Waals surface area contributed by atoms with Gasteiger partial charge in [0.05, 0.1) is 14.2 Å². The number of aromatic nitrogens is 2. The minimum atomic E-state index is -0.350. The van der Waals surface area contributed by atoms with Gasteiger partial charge in [0.25, 0.3) is 0 Å². The van der Waals surface area contributed by atoms with Gasteiger partial charge < -0.3 is 9.15 Å². The molecule has 0 aliphatic carbocycles. The molecule has 0 saturated carbocycles. The lowest BCUT2D eigenvalue weighted by molar-refractivity contribution is -0.671. The first-order valence-corrected chi connectivity index (χ1v) is 6.27. The fourth-order valence-electron chi connectivity index (χ4n) is 2.26. The topological polar surface area (TPSA) is 48.2 Å². The number of fused-ring (bicyclic) bond motifs is 1. The molecule has 0 fully saturated rings. The molecule has 0 radical (unpaired) electrons. The fourth-order valence-corrected chi connectivity index (χ4v) is 2.26. The van der Waals surface area contributed by atoms with Crippen molar-refractivity contribution >= 4 is 11.0 Å². The molecule has 20 heavy (non-hydrogen) atoms. The van der Waals surface area contributed by atoms with Crippen LogP contribution in [0.25, 0.3) is 11.0 Å². The number of methoxy groups -OCH3 is 1. The van der Waals surface area contributed by atoms with Crippen LogP contribution >= 0.6 is 0 Å². The van der Waals surface area contributed by atoms with Crippen molar-refractivity contribution in [1.82, 2.24) is 4.57 Å². The van der Waals surface area contributed by atoms with Gasteiger partial charge in [-0.15, -0.1) is 0 Å². The van der Waals surface area contributed by atoms with Crippen LogP contribution in [0.1, 0.15) is 5.56 Å². The first-order chi connectivity index (χ1) is 9.65. The maximum Gasteiger partial charge on any atom is 0.336 e. The zero-order valence-electron chi connectivity index (χ0n) is 11.4. The van der Waals surface area contributed by atoms with Crippen LogP contribution in [0.3, 0.4) is 0 Å². The van der Waals surface area contributed by atoms with E-state index in [-0.39, 0.29) is 5.63 Å². The number of nitrogens with zero attached hydrogens (tertiary/aromatic N) is 2. The number of ether oxygens (including phenoxy) is 1. The molecule has 0 saturated heterocycles. The molecule has 2 heterocycles. The van der Waals surface area contributed by atoms with Crippen molar-refractivity contribution < 1.29 is 13.7 Å². The molecule has 0 spiro atoms. The van der Waals surface area contributed by atoms with E-state index >= 15 is 0 Å². The van der Waals surface area contributed by atoms with Crippen molar-refractivity contribution in [1.29, 1.82) is 0 Å². The lowest BCUT2D eigenvalue weighted by Gasteiger charge is -2.05. The first kappa shape index (κ1) is 12.5. The van der Waals surface area contributed by atoms with E-state index in [4.69, 9.17) is 9.15 Å². The van der Waals surface area contributed by atoms with Crippen LogP contribution in [0.2, 0.25) is 0 Å². The number of benzene rings is 1. The van der Waals surface area contributed by atoms with E-state index in [9.17, 15) is 4.79 Å². The van der Waals surface area contributed by atoms with E-state index in [1.807, 2.05) is 47.0 Å². The quantitative estimate of drug-likeness (QED) is 0.535. The van der Waals surface area contributed by atoms with Crippen molar-refractivity contribution in [2.45, 2.75) is 6.54 Å². The van der Waals surface area contributed by atoms with E-state index in [0.717, 1.165) is 10.9 Å². The second-order valence-corrected chi connectivity index (χ2v) is 4.70. The van der Waals surface area contributed by atoms with Crippen LogP contribution in [0.5, 0.6) is 5.75 Å². The Morgan fingerprint density at radius 3 is 2.90 bits per heavy atom. The van der Waals surface area contributed by atoms with E-state index in [0.29, 0.717) is 17.9 Å². The third kappa shape index (κ3) is 2.30. The van der Waals surface area contributed by atoms with E-state index < -0.39 is 0 Å². The lowest BCUT2D eigenvalue weighted by atomic mass is 10.1. The maximum atomic E-state index is 11.7. The SMILES string of the molecule is COc1ccc2c(Cn3cc[n+](C)c3)cc(=O)oc2c1. The molecule has 0 unspecified atom stereocenters. The predicted molar refractivity (Wildman–Crippen MR) is 73.7 cm³/mol. The highest BCUT2D eigenvalue weighted by molar-refractivity contribution is 5.81. The zero-order valence-corrected chi connectivity index (χ0v) is 11.4. The second-order valence-electron chi connectivity index (χ2n) is 4.70. The molecule has 3 aromatic rings. The van der Waals surface area contributed by atoms with Crippen LogP contribution in [0.4, 0.5) is 0 Å². The van der Waals surface area contributed by atoms with E-state index in [2.05, 4.69) is 0 Å². The number of hydrogen-bond acceptors (Lipinski definition) is 3. The largest absolute Gasteiger partial charge is 0.497 e. The maximum absolute atomic E-state index is 11.7. The van der Waals surface area contributed by atoms with Crippen molar-refractivity contribution in [3.63, 3.8) is 0 Å². The number of imidazole rings is 1. The standard InChI is InChI=1S/C15H15N2O3/c1-16-5-6-17(10-16)9-11-7-15(18)20-14-8-12(19-2)3-4-13(11)14/h3-8,10H,9H2,1-2H3/q+1. The monoisotopic (exact) mass is 271 g/mol. The van der Waals surface area contributed by atoms with Crippen LogP contribution in [-0.4, -0.2) is 11.7 Å². The molecule has 5 heteroatoms. The molecule has 0 amide bonds. The summed E-state index contributed by atoms with van der Waals surface area (Å²) in [5, 5.41) is 0.918. The van der Waals surface area contributed by atoms with Gasteiger partial charge in [0.2, 0.25) is 6.33 Å². The molecule has 1 aromatic carbocycles. The third-order valence-electron chi connectivity index (χ3n) is 3.21. The highest BCUT2D eigenvalue weighted by Gasteiger charge is 2.10. The molecule has 3 rings (SSSR count). The number of aryl methyl sites for hydroxylation is 1. The Bertz CT molecular complexity index is 817. The molecule has 0 bridgehead atoms. The lowest BCUT2D eigenvalue weighted by Crippen LogP contribution is -2.23. The fraction of sp³-hybridized carbons (Fsp3) is 0.200. The third-order valence-corrected chi connectivity index (χ3v) is 3.21. The van der Waals surface area contributed by atoms with E-state index in [1.54, 1.807) is 13.2 Å². The Morgan fingerprint density at radius 1 is 1.35 bits per heavy atom. The van der Waals surface area contributed by atoms with Gasteiger partial charge in [-0.3, -0.25) is 0 Å². The molecular weight excluding hydrogens is 256 g/mol. The van der Waals surface area contributed by atoms with Gasteiger partial charge in [0.1, 0.15) is 30.3 Å².